The van der Waals surface area contributed by atoms with Crippen LogP contribution in [0.1, 0.15) is 61.2 Å². The number of benzene rings is 2. The van der Waals surface area contributed by atoms with Crippen LogP contribution in [-0.4, -0.2) is 37.9 Å². The lowest BCUT2D eigenvalue weighted by atomic mass is 10.0. The van der Waals surface area contributed by atoms with E-state index >= 15 is 0 Å². The Morgan fingerprint density at radius 1 is 1.05 bits per heavy atom. The minimum absolute atomic E-state index is 0.0359. The number of hydrogen-bond donors (Lipinski definition) is 1. The van der Waals surface area contributed by atoms with E-state index in [-0.39, 0.29) is 18.1 Å². The van der Waals surface area contributed by atoms with Crippen LogP contribution in [0.2, 0.25) is 0 Å². The van der Waals surface area contributed by atoms with E-state index in [0.29, 0.717) is 13.2 Å². The summed E-state index contributed by atoms with van der Waals surface area (Å²) in [6, 6.07) is 22.4. The molecule has 6 rings (SSSR count). The van der Waals surface area contributed by atoms with Crippen LogP contribution in [0.4, 0.5) is 4.79 Å². The van der Waals surface area contributed by atoms with E-state index in [2.05, 4.69) is 52.5 Å². The third-order valence-electron chi connectivity index (χ3n) is 7.52. The molecule has 1 atom stereocenters. The summed E-state index contributed by atoms with van der Waals surface area (Å²) in [7, 11) is 0. The molecule has 0 bridgehead atoms. The standard InChI is InChI=1S/C30H33N5O2/c1-3-37-25-16-9-11-22(19-25)28-27-17-10-18-33(27)29-26(20-34(28)30(36)31-23-12-7-8-13-23)21(2)32-35(29)24-14-5-4-6-15-24/h4-6,9-11,14-19,23,28H,3,7-8,12-13,20H2,1-2H3,(H,31,36)/t28-/m0/s1. The van der Waals surface area contributed by atoms with Crippen LogP contribution < -0.4 is 10.1 Å². The molecule has 1 fully saturated rings. The maximum absolute atomic E-state index is 14.0. The highest BCUT2D eigenvalue weighted by atomic mass is 16.5. The number of rotatable bonds is 5. The summed E-state index contributed by atoms with van der Waals surface area (Å²) in [6.45, 7) is 5.07. The number of para-hydroxylation sites is 1. The number of aromatic nitrogens is 3. The quantitative estimate of drug-likeness (QED) is 0.373. The summed E-state index contributed by atoms with van der Waals surface area (Å²) < 4.78 is 10.0. The SMILES string of the molecule is CCOc1cccc([C@H]2c3cccn3-c3c(c(C)nn3-c3ccccc3)CN2C(=O)NC2CCCC2)c1. The number of urea groups is 1. The first kappa shape index (κ1) is 23.4. The topological polar surface area (TPSA) is 64.3 Å². The molecule has 190 valence electrons. The molecule has 7 nitrogen and oxygen atoms in total. The van der Waals surface area contributed by atoms with Gasteiger partial charge in [-0.1, -0.05) is 43.2 Å². The Labute approximate surface area is 217 Å². The van der Waals surface area contributed by atoms with Gasteiger partial charge in [0.05, 0.1) is 36.3 Å². The highest BCUT2D eigenvalue weighted by Crippen LogP contribution is 2.39. The van der Waals surface area contributed by atoms with E-state index in [0.717, 1.165) is 52.6 Å². The largest absolute Gasteiger partial charge is 0.494 e. The number of aryl methyl sites for hydroxylation is 1. The monoisotopic (exact) mass is 495 g/mol. The molecule has 37 heavy (non-hydrogen) atoms. The maximum Gasteiger partial charge on any atom is 0.318 e. The van der Waals surface area contributed by atoms with Gasteiger partial charge in [0.1, 0.15) is 11.6 Å². The fraction of sp³-hybridized carbons (Fsp3) is 0.333. The van der Waals surface area contributed by atoms with Crippen LogP contribution in [0, 0.1) is 6.92 Å². The van der Waals surface area contributed by atoms with Crippen molar-refractivity contribution in [3.8, 4) is 17.3 Å². The molecular formula is C30H33N5O2. The average molecular weight is 496 g/mol. The van der Waals surface area contributed by atoms with Crippen LogP contribution >= 0.6 is 0 Å². The summed E-state index contributed by atoms with van der Waals surface area (Å²) in [6.07, 6.45) is 6.49. The van der Waals surface area contributed by atoms with Gasteiger partial charge in [-0.15, -0.1) is 0 Å². The van der Waals surface area contributed by atoms with Gasteiger partial charge >= 0.3 is 6.03 Å². The number of fused-ring (bicyclic) bond motifs is 3. The van der Waals surface area contributed by atoms with Crippen molar-refractivity contribution < 1.29 is 9.53 Å². The number of ether oxygens (including phenoxy) is 1. The third kappa shape index (κ3) is 4.28. The molecule has 4 aromatic rings. The lowest BCUT2D eigenvalue weighted by molar-refractivity contribution is 0.176. The van der Waals surface area contributed by atoms with Crippen molar-refractivity contribution in [1.29, 1.82) is 0 Å². The predicted octanol–water partition coefficient (Wildman–Crippen LogP) is 5.93. The smallest absolute Gasteiger partial charge is 0.318 e. The van der Waals surface area contributed by atoms with Gasteiger partial charge in [0.2, 0.25) is 0 Å². The second-order valence-electron chi connectivity index (χ2n) is 9.90. The molecule has 2 aliphatic rings. The molecule has 0 spiro atoms. The second-order valence-corrected chi connectivity index (χ2v) is 9.90. The first-order valence-electron chi connectivity index (χ1n) is 13.3. The van der Waals surface area contributed by atoms with E-state index in [1.54, 1.807) is 0 Å². The zero-order chi connectivity index (χ0) is 25.4. The summed E-state index contributed by atoms with van der Waals surface area (Å²) in [4.78, 5) is 16.0. The Morgan fingerprint density at radius 2 is 1.86 bits per heavy atom. The van der Waals surface area contributed by atoms with Gasteiger partial charge in [-0.25, -0.2) is 9.48 Å². The number of carbonyl (C=O) groups excluding carboxylic acids is 1. The Balaban J connectivity index is 1.52. The zero-order valence-electron chi connectivity index (χ0n) is 21.4. The van der Waals surface area contributed by atoms with Crippen LogP contribution in [-0.2, 0) is 6.54 Å². The van der Waals surface area contributed by atoms with Crippen LogP contribution in [0.25, 0.3) is 11.5 Å². The van der Waals surface area contributed by atoms with Crippen molar-refractivity contribution in [3.63, 3.8) is 0 Å². The Bertz CT molecular complexity index is 1400. The van der Waals surface area contributed by atoms with Crippen LogP contribution in [0.3, 0.4) is 0 Å². The molecule has 3 heterocycles. The predicted molar refractivity (Wildman–Crippen MR) is 143 cm³/mol. The molecular weight excluding hydrogens is 462 g/mol. The van der Waals surface area contributed by atoms with Gasteiger partial charge in [-0.2, -0.15) is 5.10 Å². The zero-order valence-corrected chi connectivity index (χ0v) is 21.4. The second kappa shape index (κ2) is 9.81. The molecule has 1 saturated carbocycles. The minimum Gasteiger partial charge on any atom is -0.494 e. The first-order valence-corrected chi connectivity index (χ1v) is 13.3. The number of nitrogens with one attached hydrogen (secondary N) is 1. The van der Waals surface area contributed by atoms with Crippen molar-refractivity contribution in [1.82, 2.24) is 24.6 Å². The van der Waals surface area contributed by atoms with E-state index in [9.17, 15) is 4.79 Å². The molecule has 2 aromatic carbocycles. The molecule has 2 aromatic heterocycles. The van der Waals surface area contributed by atoms with Gasteiger partial charge in [-0.05, 0) is 68.7 Å². The number of amides is 2. The molecule has 1 aliphatic carbocycles. The van der Waals surface area contributed by atoms with Gasteiger partial charge in [0, 0.05) is 17.8 Å². The maximum atomic E-state index is 14.0. The van der Waals surface area contributed by atoms with Gasteiger partial charge in [0.25, 0.3) is 0 Å². The lowest BCUT2D eigenvalue weighted by Gasteiger charge is -2.32. The van der Waals surface area contributed by atoms with E-state index in [1.165, 1.54) is 12.8 Å². The number of hydrogen-bond acceptors (Lipinski definition) is 3. The Morgan fingerprint density at radius 3 is 2.65 bits per heavy atom. The number of carbonyl (C=O) groups is 1. The van der Waals surface area contributed by atoms with Crippen molar-refractivity contribution in [3.05, 3.63) is 95.4 Å². The molecule has 7 heteroatoms. The summed E-state index contributed by atoms with van der Waals surface area (Å²) >= 11 is 0. The van der Waals surface area contributed by atoms with Gasteiger partial charge in [-0.3, -0.25) is 0 Å². The molecule has 1 aliphatic heterocycles. The minimum atomic E-state index is -0.284. The normalized spacial score (nSPS) is 17.2. The van der Waals surface area contributed by atoms with E-state index in [4.69, 9.17) is 9.84 Å². The van der Waals surface area contributed by atoms with Crippen molar-refractivity contribution >= 4 is 6.03 Å². The van der Waals surface area contributed by atoms with Gasteiger partial charge in [0.15, 0.2) is 0 Å². The molecule has 2 amide bonds. The van der Waals surface area contributed by atoms with E-state index < -0.39 is 0 Å². The van der Waals surface area contributed by atoms with Crippen molar-refractivity contribution in [2.45, 2.75) is 58.2 Å². The first-order chi connectivity index (χ1) is 18.1. The third-order valence-corrected chi connectivity index (χ3v) is 7.52. The molecule has 0 saturated heterocycles. The highest BCUT2D eigenvalue weighted by molar-refractivity contribution is 5.76. The van der Waals surface area contributed by atoms with E-state index in [1.807, 2.05) is 53.8 Å². The average Bonchev–Trinajstić information content (AvgIpc) is 3.64. The fourth-order valence-electron chi connectivity index (χ4n) is 5.77. The number of nitrogens with zero attached hydrogens (tertiary/aromatic N) is 4. The molecule has 0 radical (unpaired) electrons. The lowest BCUT2D eigenvalue weighted by Crippen LogP contribution is -2.45. The Hall–Kier alpha value is -4.00. The highest BCUT2D eigenvalue weighted by Gasteiger charge is 2.36. The van der Waals surface area contributed by atoms with Crippen molar-refractivity contribution in [2.24, 2.45) is 0 Å². The fourth-order valence-corrected chi connectivity index (χ4v) is 5.77. The van der Waals surface area contributed by atoms with Crippen LogP contribution in [0.15, 0.2) is 72.9 Å². The summed E-state index contributed by atoms with van der Waals surface area (Å²) in [5.41, 5.74) is 5.00. The molecule has 0 unspecified atom stereocenters. The molecule has 1 N–H and O–H groups in total. The van der Waals surface area contributed by atoms with Gasteiger partial charge < -0.3 is 19.5 Å². The van der Waals surface area contributed by atoms with Crippen LogP contribution in [0.5, 0.6) is 5.75 Å². The van der Waals surface area contributed by atoms with Crippen molar-refractivity contribution in [2.75, 3.05) is 6.61 Å². The summed E-state index contributed by atoms with van der Waals surface area (Å²) in [5, 5.41) is 8.28. The summed E-state index contributed by atoms with van der Waals surface area (Å²) in [5.74, 6) is 1.79. The Kier molecular flexibility index (Phi) is 6.20.